The maximum Gasteiger partial charge on any atom is 0.246 e. The lowest BCUT2D eigenvalue weighted by Gasteiger charge is -2.36. The average Bonchev–Trinajstić information content (AvgIpc) is 2.90. The van der Waals surface area contributed by atoms with Gasteiger partial charge < -0.3 is 10.5 Å². The monoisotopic (exact) mass is 318 g/mol. The molecular formula is C13H16F2N2O3S. The molecule has 1 heterocycles. The van der Waals surface area contributed by atoms with Crippen molar-refractivity contribution in [2.24, 2.45) is 0 Å². The van der Waals surface area contributed by atoms with E-state index in [-0.39, 0.29) is 31.0 Å². The third kappa shape index (κ3) is 2.41. The van der Waals surface area contributed by atoms with Crippen LogP contribution in [-0.4, -0.2) is 38.0 Å². The van der Waals surface area contributed by atoms with Crippen LogP contribution in [0.5, 0.6) is 0 Å². The van der Waals surface area contributed by atoms with E-state index in [1.165, 1.54) is 4.31 Å². The smallest absolute Gasteiger partial charge is 0.246 e. The molecule has 0 bridgehead atoms. The highest BCUT2D eigenvalue weighted by molar-refractivity contribution is 7.89. The molecule has 1 aromatic rings. The van der Waals surface area contributed by atoms with Crippen LogP contribution in [0.2, 0.25) is 0 Å². The molecule has 8 heteroatoms. The van der Waals surface area contributed by atoms with E-state index in [9.17, 15) is 17.2 Å². The third-order valence-corrected chi connectivity index (χ3v) is 6.01. The van der Waals surface area contributed by atoms with Gasteiger partial charge in [-0.1, -0.05) is 0 Å². The zero-order valence-electron chi connectivity index (χ0n) is 11.3. The van der Waals surface area contributed by atoms with Gasteiger partial charge in [-0.15, -0.1) is 0 Å². The lowest BCUT2D eigenvalue weighted by Crippen LogP contribution is -2.51. The van der Waals surface area contributed by atoms with Crippen LogP contribution < -0.4 is 5.73 Å². The predicted octanol–water partition coefficient (Wildman–Crippen LogP) is 1.49. The molecule has 2 aliphatic rings. The number of fused-ring (bicyclic) bond motifs is 1. The van der Waals surface area contributed by atoms with Crippen molar-refractivity contribution < 1.29 is 21.9 Å². The van der Waals surface area contributed by atoms with Crippen LogP contribution in [0.1, 0.15) is 19.3 Å². The SMILES string of the molecule is Nc1cc(S(=O)(=O)N2CCOC3CCCC32)c(F)cc1F. The number of nitrogen functional groups attached to an aromatic ring is 1. The first-order valence-corrected chi connectivity index (χ1v) is 8.23. The number of sulfonamides is 1. The number of nitrogens with two attached hydrogens (primary N) is 1. The zero-order valence-corrected chi connectivity index (χ0v) is 12.1. The van der Waals surface area contributed by atoms with Crippen LogP contribution in [-0.2, 0) is 14.8 Å². The Balaban J connectivity index is 2.02. The average molecular weight is 318 g/mol. The summed E-state index contributed by atoms with van der Waals surface area (Å²) in [4.78, 5) is -0.575. The number of morpholine rings is 1. The molecule has 0 spiro atoms. The molecule has 1 aliphatic carbocycles. The summed E-state index contributed by atoms with van der Waals surface area (Å²) in [6.07, 6.45) is 2.21. The van der Waals surface area contributed by atoms with Crippen LogP contribution in [0.25, 0.3) is 0 Å². The highest BCUT2D eigenvalue weighted by Gasteiger charge is 2.43. The van der Waals surface area contributed by atoms with Gasteiger partial charge >= 0.3 is 0 Å². The first-order valence-electron chi connectivity index (χ1n) is 6.79. The van der Waals surface area contributed by atoms with Crippen molar-refractivity contribution in [2.75, 3.05) is 18.9 Å². The number of benzene rings is 1. The number of rotatable bonds is 2. The maximum absolute atomic E-state index is 13.9. The van der Waals surface area contributed by atoms with Crippen LogP contribution in [0, 0.1) is 11.6 Å². The second kappa shape index (κ2) is 5.19. The molecule has 2 fully saturated rings. The molecule has 1 aromatic carbocycles. The van der Waals surface area contributed by atoms with Crippen LogP contribution in [0.4, 0.5) is 14.5 Å². The molecule has 1 saturated carbocycles. The van der Waals surface area contributed by atoms with Gasteiger partial charge in [0.15, 0.2) is 0 Å². The normalized spacial score (nSPS) is 26.8. The van der Waals surface area contributed by atoms with E-state index < -0.39 is 26.6 Å². The maximum atomic E-state index is 13.9. The van der Waals surface area contributed by atoms with Gasteiger partial charge in [0.05, 0.1) is 24.4 Å². The largest absolute Gasteiger partial charge is 0.396 e. The minimum atomic E-state index is -4.05. The number of hydrogen-bond acceptors (Lipinski definition) is 4. The van der Waals surface area contributed by atoms with Crippen LogP contribution in [0.15, 0.2) is 17.0 Å². The molecule has 1 aliphatic heterocycles. The predicted molar refractivity (Wildman–Crippen MR) is 72.0 cm³/mol. The Labute approximate surface area is 121 Å². The highest BCUT2D eigenvalue weighted by atomic mass is 32.2. The molecule has 2 N–H and O–H groups in total. The quantitative estimate of drug-likeness (QED) is 0.839. The number of ether oxygens (including phenoxy) is 1. The molecule has 5 nitrogen and oxygen atoms in total. The van der Waals surface area contributed by atoms with Crippen molar-refractivity contribution in [3.8, 4) is 0 Å². The van der Waals surface area contributed by atoms with Gasteiger partial charge in [-0.2, -0.15) is 4.31 Å². The first kappa shape index (κ1) is 14.7. The Hall–Kier alpha value is -1.25. The summed E-state index contributed by atoms with van der Waals surface area (Å²) in [6.45, 7) is 0.443. The van der Waals surface area contributed by atoms with Crippen molar-refractivity contribution in [3.63, 3.8) is 0 Å². The standard InChI is InChI=1S/C13H16F2N2O3S/c14-8-6-9(15)13(7-10(8)16)21(18,19)17-4-5-20-12-3-1-2-11(12)17/h6-7,11-12H,1-5,16H2. The number of anilines is 1. The summed E-state index contributed by atoms with van der Waals surface area (Å²) >= 11 is 0. The van der Waals surface area contributed by atoms with Gasteiger partial charge in [-0.05, 0) is 25.3 Å². The van der Waals surface area contributed by atoms with Crippen LogP contribution in [0.3, 0.4) is 0 Å². The van der Waals surface area contributed by atoms with Gasteiger partial charge in [0.25, 0.3) is 0 Å². The lowest BCUT2D eigenvalue weighted by atomic mass is 10.2. The van der Waals surface area contributed by atoms with E-state index >= 15 is 0 Å². The van der Waals surface area contributed by atoms with Gasteiger partial charge in [0.1, 0.15) is 16.5 Å². The Morgan fingerprint density at radius 1 is 1.24 bits per heavy atom. The topological polar surface area (TPSA) is 72.6 Å². The van der Waals surface area contributed by atoms with Gasteiger partial charge in [-0.25, -0.2) is 17.2 Å². The van der Waals surface area contributed by atoms with E-state index in [2.05, 4.69) is 0 Å². The molecule has 2 unspecified atom stereocenters. The second-order valence-electron chi connectivity index (χ2n) is 5.33. The number of halogens is 2. The number of hydrogen-bond donors (Lipinski definition) is 1. The van der Waals surface area contributed by atoms with Gasteiger partial charge in [0, 0.05) is 12.6 Å². The fourth-order valence-electron chi connectivity index (χ4n) is 3.06. The Morgan fingerprint density at radius 2 is 2.00 bits per heavy atom. The van der Waals surface area contributed by atoms with Crippen molar-refractivity contribution in [1.29, 1.82) is 0 Å². The molecule has 3 rings (SSSR count). The van der Waals surface area contributed by atoms with E-state index in [1.54, 1.807) is 0 Å². The second-order valence-corrected chi connectivity index (χ2v) is 7.19. The molecule has 1 saturated heterocycles. The van der Waals surface area contributed by atoms with E-state index in [0.29, 0.717) is 12.5 Å². The van der Waals surface area contributed by atoms with Gasteiger partial charge in [-0.3, -0.25) is 0 Å². The Bertz CT molecular complexity index is 666. The Morgan fingerprint density at radius 3 is 2.76 bits per heavy atom. The molecule has 0 amide bonds. The molecule has 116 valence electrons. The zero-order chi connectivity index (χ0) is 15.2. The molecule has 2 atom stereocenters. The summed E-state index contributed by atoms with van der Waals surface area (Å²) in [5.74, 6) is -2.09. The minimum Gasteiger partial charge on any atom is -0.396 e. The van der Waals surface area contributed by atoms with E-state index in [1.807, 2.05) is 0 Å². The molecule has 0 radical (unpaired) electrons. The summed E-state index contributed by atoms with van der Waals surface area (Å²) in [5.41, 5.74) is 4.99. The fourth-order valence-corrected chi connectivity index (χ4v) is 4.80. The summed E-state index contributed by atoms with van der Waals surface area (Å²) in [7, 11) is -4.05. The van der Waals surface area contributed by atoms with E-state index in [0.717, 1.165) is 18.9 Å². The van der Waals surface area contributed by atoms with Crippen molar-refractivity contribution in [3.05, 3.63) is 23.8 Å². The molecule has 0 aromatic heterocycles. The van der Waals surface area contributed by atoms with Crippen molar-refractivity contribution in [2.45, 2.75) is 36.3 Å². The highest BCUT2D eigenvalue weighted by Crippen LogP contribution is 2.34. The number of nitrogens with zero attached hydrogens (tertiary/aromatic N) is 1. The van der Waals surface area contributed by atoms with Crippen molar-refractivity contribution in [1.82, 2.24) is 4.31 Å². The van der Waals surface area contributed by atoms with Crippen LogP contribution >= 0.6 is 0 Å². The lowest BCUT2D eigenvalue weighted by molar-refractivity contribution is -0.0242. The first-order chi connectivity index (χ1) is 9.91. The Kier molecular flexibility index (Phi) is 3.62. The summed E-state index contributed by atoms with van der Waals surface area (Å²) in [5, 5.41) is 0. The van der Waals surface area contributed by atoms with E-state index in [4.69, 9.17) is 10.5 Å². The minimum absolute atomic E-state index is 0.144. The third-order valence-electron chi connectivity index (χ3n) is 4.07. The fraction of sp³-hybridized carbons (Fsp3) is 0.538. The summed E-state index contributed by atoms with van der Waals surface area (Å²) in [6, 6.07) is 1.07. The molecular weight excluding hydrogens is 302 g/mol. The van der Waals surface area contributed by atoms with Gasteiger partial charge in [0.2, 0.25) is 10.0 Å². The summed E-state index contributed by atoms with van der Waals surface area (Å²) < 4.78 is 59.3. The van der Waals surface area contributed by atoms with Crippen molar-refractivity contribution >= 4 is 15.7 Å². The molecule has 21 heavy (non-hydrogen) atoms.